The first-order chi connectivity index (χ1) is 17.0. The van der Waals surface area contributed by atoms with E-state index in [-0.39, 0.29) is 17.2 Å². The van der Waals surface area contributed by atoms with Crippen molar-refractivity contribution in [1.82, 2.24) is 15.0 Å². The lowest BCUT2D eigenvalue weighted by Gasteiger charge is -2.13. The van der Waals surface area contributed by atoms with Crippen LogP contribution in [0.15, 0.2) is 86.3 Å². The van der Waals surface area contributed by atoms with Gasteiger partial charge in [-0.3, -0.25) is 14.2 Å². The molecule has 1 amide bonds. The molecule has 0 spiro atoms. The number of ether oxygens (including phenoxy) is 2. The van der Waals surface area contributed by atoms with Gasteiger partial charge in [0.05, 0.1) is 42.8 Å². The van der Waals surface area contributed by atoms with Crippen LogP contribution in [-0.2, 0) is 4.79 Å². The third-order valence-corrected chi connectivity index (χ3v) is 6.46. The summed E-state index contributed by atoms with van der Waals surface area (Å²) in [7, 11) is 3.12. The fourth-order valence-electron chi connectivity index (χ4n) is 3.30. The molecule has 1 N–H and O–H groups in total. The first-order valence-electron chi connectivity index (χ1n) is 10.4. The van der Waals surface area contributed by atoms with E-state index in [0.717, 1.165) is 16.2 Å². The highest BCUT2D eigenvalue weighted by atomic mass is 79.9. The summed E-state index contributed by atoms with van der Waals surface area (Å²) in [4.78, 5) is 30.4. The second-order valence-electron chi connectivity index (χ2n) is 7.22. The van der Waals surface area contributed by atoms with E-state index in [0.29, 0.717) is 38.8 Å². The second kappa shape index (κ2) is 11.2. The van der Waals surface area contributed by atoms with Crippen molar-refractivity contribution in [3.05, 3.63) is 87.1 Å². The zero-order valence-corrected chi connectivity index (χ0v) is 21.3. The van der Waals surface area contributed by atoms with Crippen LogP contribution in [0.5, 0.6) is 11.5 Å². The van der Waals surface area contributed by atoms with Gasteiger partial charge in [-0.1, -0.05) is 39.8 Å². The van der Waals surface area contributed by atoms with Crippen LogP contribution >= 0.6 is 27.7 Å². The molecule has 0 saturated carbocycles. The number of aromatic nitrogens is 2. The van der Waals surface area contributed by atoms with Gasteiger partial charge in [0.1, 0.15) is 11.5 Å². The minimum atomic E-state index is -0.349. The molecule has 0 bridgehead atoms. The molecule has 4 rings (SSSR count). The molecule has 3 aromatic carbocycles. The minimum absolute atomic E-state index is 0.00783. The summed E-state index contributed by atoms with van der Waals surface area (Å²) in [5.41, 5.74) is 4.17. The van der Waals surface area contributed by atoms with Crippen molar-refractivity contribution in [2.24, 2.45) is 5.10 Å². The second-order valence-corrected chi connectivity index (χ2v) is 9.08. The Morgan fingerprint density at radius 2 is 1.89 bits per heavy atom. The summed E-state index contributed by atoms with van der Waals surface area (Å²) in [6, 6.07) is 19.7. The van der Waals surface area contributed by atoms with E-state index in [1.807, 2.05) is 30.3 Å². The number of hydrogen-bond acceptors (Lipinski definition) is 7. The first kappa shape index (κ1) is 24.5. The van der Waals surface area contributed by atoms with Gasteiger partial charge in [0.2, 0.25) is 0 Å². The van der Waals surface area contributed by atoms with Crippen molar-refractivity contribution in [1.29, 1.82) is 0 Å². The number of rotatable bonds is 8. The number of halogens is 1. The van der Waals surface area contributed by atoms with E-state index in [4.69, 9.17) is 9.47 Å². The average molecular weight is 553 g/mol. The van der Waals surface area contributed by atoms with E-state index in [1.165, 1.54) is 10.8 Å². The zero-order chi connectivity index (χ0) is 24.8. The summed E-state index contributed by atoms with van der Waals surface area (Å²) in [6.07, 6.45) is 1.48. The van der Waals surface area contributed by atoms with Crippen molar-refractivity contribution >= 4 is 50.7 Å². The highest BCUT2D eigenvalue weighted by molar-refractivity contribution is 9.10. The van der Waals surface area contributed by atoms with Gasteiger partial charge in [0.15, 0.2) is 5.16 Å². The number of hydrogen-bond donors (Lipinski definition) is 1. The Hall–Kier alpha value is -3.63. The van der Waals surface area contributed by atoms with Crippen LogP contribution < -0.4 is 20.5 Å². The largest absolute Gasteiger partial charge is 0.497 e. The van der Waals surface area contributed by atoms with Gasteiger partial charge in [-0.05, 0) is 54.6 Å². The van der Waals surface area contributed by atoms with Crippen molar-refractivity contribution in [2.45, 2.75) is 5.16 Å². The highest BCUT2D eigenvalue weighted by Crippen LogP contribution is 2.23. The Labute approximate surface area is 214 Å². The summed E-state index contributed by atoms with van der Waals surface area (Å²) < 4.78 is 12.9. The lowest BCUT2D eigenvalue weighted by atomic mass is 10.2. The first-order valence-corrected chi connectivity index (χ1v) is 12.2. The molecular weight excluding hydrogens is 532 g/mol. The van der Waals surface area contributed by atoms with Gasteiger partial charge in [0.25, 0.3) is 11.5 Å². The number of nitrogens with one attached hydrogen (secondary N) is 1. The number of para-hydroxylation sites is 1. The molecule has 0 unspecified atom stereocenters. The number of thioether (sulfide) groups is 1. The van der Waals surface area contributed by atoms with E-state index < -0.39 is 0 Å². The van der Waals surface area contributed by atoms with Crippen LogP contribution in [0, 0.1) is 0 Å². The topological polar surface area (TPSA) is 94.8 Å². The van der Waals surface area contributed by atoms with E-state index >= 15 is 0 Å². The Balaban J connectivity index is 1.54. The molecule has 10 heteroatoms. The van der Waals surface area contributed by atoms with E-state index in [2.05, 4.69) is 31.4 Å². The summed E-state index contributed by atoms with van der Waals surface area (Å²) in [5, 5.41) is 4.94. The van der Waals surface area contributed by atoms with E-state index in [1.54, 1.807) is 50.6 Å². The molecule has 0 atom stereocenters. The highest BCUT2D eigenvalue weighted by Gasteiger charge is 2.15. The van der Waals surface area contributed by atoms with Crippen LogP contribution in [-0.4, -0.2) is 41.6 Å². The Kier molecular flexibility index (Phi) is 7.84. The fraction of sp³-hybridized carbons (Fsp3) is 0.120. The molecule has 0 aliphatic carbocycles. The van der Waals surface area contributed by atoms with E-state index in [9.17, 15) is 9.59 Å². The lowest BCUT2D eigenvalue weighted by molar-refractivity contribution is -0.118. The summed E-state index contributed by atoms with van der Waals surface area (Å²) >= 11 is 4.57. The standard InChI is InChI=1S/C25H21BrN4O4S/c1-33-19-11-12-22(34-2)16(13-19)14-27-29-23(31)15-35-25-28-21-6-4-3-5-20(21)24(32)30(25)18-9-7-17(26)8-10-18/h3-14H,15H2,1-2H3,(H,29,31)/b27-14+. The van der Waals surface area contributed by atoms with Gasteiger partial charge in [-0.15, -0.1) is 0 Å². The molecule has 0 aliphatic heterocycles. The number of nitrogens with zero attached hydrogens (tertiary/aromatic N) is 3. The van der Waals surface area contributed by atoms with Crippen LogP contribution in [0.1, 0.15) is 5.56 Å². The Morgan fingerprint density at radius 3 is 2.63 bits per heavy atom. The zero-order valence-electron chi connectivity index (χ0n) is 18.9. The Morgan fingerprint density at radius 1 is 1.11 bits per heavy atom. The maximum Gasteiger partial charge on any atom is 0.266 e. The van der Waals surface area contributed by atoms with Gasteiger partial charge >= 0.3 is 0 Å². The molecule has 0 radical (unpaired) electrons. The summed E-state index contributed by atoms with van der Waals surface area (Å²) in [6.45, 7) is 0. The predicted molar refractivity (Wildman–Crippen MR) is 141 cm³/mol. The monoisotopic (exact) mass is 552 g/mol. The van der Waals surface area contributed by atoms with Gasteiger partial charge in [-0.25, -0.2) is 10.4 Å². The van der Waals surface area contributed by atoms with Crippen LogP contribution in [0.2, 0.25) is 0 Å². The van der Waals surface area contributed by atoms with Crippen molar-refractivity contribution in [3.63, 3.8) is 0 Å². The predicted octanol–water partition coefficient (Wildman–Crippen LogP) is 4.41. The van der Waals surface area contributed by atoms with Crippen LogP contribution in [0.25, 0.3) is 16.6 Å². The lowest BCUT2D eigenvalue weighted by Crippen LogP contribution is -2.24. The quantitative estimate of drug-likeness (QED) is 0.150. The SMILES string of the molecule is COc1ccc(OC)c(/C=N/NC(=O)CSc2nc3ccccc3c(=O)n2-c2ccc(Br)cc2)c1. The number of fused-ring (bicyclic) bond motifs is 1. The molecule has 0 fully saturated rings. The van der Waals surface area contributed by atoms with Gasteiger partial charge in [0, 0.05) is 10.0 Å². The number of hydrazone groups is 1. The maximum atomic E-state index is 13.3. The Bertz CT molecular complexity index is 1450. The molecule has 178 valence electrons. The maximum absolute atomic E-state index is 13.3. The molecule has 8 nitrogen and oxygen atoms in total. The third kappa shape index (κ3) is 5.72. The molecule has 1 aromatic heterocycles. The van der Waals surface area contributed by atoms with Crippen molar-refractivity contribution < 1.29 is 14.3 Å². The fourth-order valence-corrected chi connectivity index (χ4v) is 4.37. The van der Waals surface area contributed by atoms with Crippen molar-refractivity contribution in [3.8, 4) is 17.2 Å². The molecule has 4 aromatic rings. The smallest absolute Gasteiger partial charge is 0.266 e. The van der Waals surface area contributed by atoms with Gasteiger partial charge < -0.3 is 9.47 Å². The third-order valence-electron chi connectivity index (χ3n) is 4.99. The van der Waals surface area contributed by atoms with Gasteiger partial charge in [-0.2, -0.15) is 5.10 Å². The minimum Gasteiger partial charge on any atom is -0.497 e. The molecular formula is C25H21BrN4O4S. The normalized spacial score (nSPS) is 11.1. The average Bonchev–Trinajstić information content (AvgIpc) is 2.88. The number of benzene rings is 3. The summed E-state index contributed by atoms with van der Waals surface area (Å²) in [5.74, 6) is 0.894. The van der Waals surface area contributed by atoms with Crippen LogP contribution in [0.4, 0.5) is 0 Å². The molecule has 35 heavy (non-hydrogen) atoms. The molecule has 0 aliphatic rings. The van der Waals surface area contributed by atoms with Crippen molar-refractivity contribution in [2.75, 3.05) is 20.0 Å². The number of methoxy groups -OCH3 is 2. The molecule has 1 heterocycles. The number of carbonyl (C=O) groups excluding carboxylic acids is 1. The number of carbonyl (C=O) groups is 1. The number of amides is 1. The van der Waals surface area contributed by atoms with Crippen LogP contribution in [0.3, 0.4) is 0 Å². The molecule has 0 saturated heterocycles.